The first-order valence-electron chi connectivity index (χ1n) is 5.22. The maximum absolute atomic E-state index is 11.9. The monoisotopic (exact) mass is 247 g/mol. The van der Waals surface area contributed by atoms with Crippen LogP contribution in [0.5, 0.6) is 0 Å². The largest absolute Gasteiger partial charge is 0.326 e. The van der Waals surface area contributed by atoms with E-state index in [9.17, 15) is 4.79 Å². The summed E-state index contributed by atoms with van der Waals surface area (Å²) in [5, 5.41) is 5.44. The molecule has 0 aliphatic heterocycles. The van der Waals surface area contributed by atoms with Crippen LogP contribution in [0.1, 0.15) is 21.1 Å². The zero-order chi connectivity index (χ0) is 12.3. The Kier molecular flexibility index (Phi) is 3.51. The summed E-state index contributed by atoms with van der Waals surface area (Å²) >= 11 is 1.46. The molecule has 2 aromatic rings. The van der Waals surface area contributed by atoms with Crippen molar-refractivity contribution in [3.63, 3.8) is 0 Å². The lowest BCUT2D eigenvalue weighted by molar-refractivity contribution is 0.102. The maximum Gasteiger partial charge on any atom is 0.275 e. The Balaban J connectivity index is 2.18. The SMILES string of the molecule is Cc1nc(C(=O)Nc2ccccc2CN)cs1. The lowest BCUT2D eigenvalue weighted by Gasteiger charge is -2.07. The number of anilines is 1. The molecular formula is C12H13N3OS. The number of carbonyl (C=O) groups is 1. The fourth-order valence-corrected chi connectivity index (χ4v) is 2.07. The molecule has 0 radical (unpaired) electrons. The van der Waals surface area contributed by atoms with E-state index < -0.39 is 0 Å². The summed E-state index contributed by atoms with van der Waals surface area (Å²) in [6.07, 6.45) is 0. The van der Waals surface area contributed by atoms with Gasteiger partial charge in [-0.15, -0.1) is 11.3 Å². The van der Waals surface area contributed by atoms with Gasteiger partial charge in [0.2, 0.25) is 0 Å². The first kappa shape index (κ1) is 11.8. The van der Waals surface area contributed by atoms with Crippen molar-refractivity contribution in [2.75, 3.05) is 5.32 Å². The Bertz CT molecular complexity index is 536. The van der Waals surface area contributed by atoms with Gasteiger partial charge in [-0.3, -0.25) is 4.79 Å². The van der Waals surface area contributed by atoms with Crippen molar-refractivity contribution in [3.8, 4) is 0 Å². The van der Waals surface area contributed by atoms with Gasteiger partial charge in [-0.25, -0.2) is 4.98 Å². The lowest BCUT2D eigenvalue weighted by atomic mass is 10.2. The normalized spacial score (nSPS) is 10.2. The number of amides is 1. The van der Waals surface area contributed by atoms with Crippen molar-refractivity contribution in [3.05, 3.63) is 45.9 Å². The summed E-state index contributed by atoms with van der Waals surface area (Å²) < 4.78 is 0. The van der Waals surface area contributed by atoms with Crippen LogP contribution in [-0.4, -0.2) is 10.9 Å². The number of aryl methyl sites for hydroxylation is 1. The number of hydrogen-bond donors (Lipinski definition) is 2. The highest BCUT2D eigenvalue weighted by Gasteiger charge is 2.10. The van der Waals surface area contributed by atoms with Gasteiger partial charge in [-0.1, -0.05) is 18.2 Å². The van der Waals surface area contributed by atoms with E-state index >= 15 is 0 Å². The van der Waals surface area contributed by atoms with Gasteiger partial charge in [0.1, 0.15) is 5.69 Å². The molecule has 0 aliphatic carbocycles. The second-order valence-electron chi connectivity index (χ2n) is 3.57. The highest BCUT2D eigenvalue weighted by Crippen LogP contribution is 2.16. The van der Waals surface area contributed by atoms with Gasteiger partial charge < -0.3 is 11.1 Å². The number of nitrogens with two attached hydrogens (primary N) is 1. The standard InChI is InChI=1S/C12H13N3OS/c1-8-14-11(7-17-8)12(16)15-10-5-3-2-4-9(10)6-13/h2-5,7H,6,13H2,1H3,(H,15,16). The molecule has 5 heteroatoms. The van der Waals surface area contributed by atoms with Crippen LogP contribution >= 0.6 is 11.3 Å². The molecule has 0 fully saturated rings. The van der Waals surface area contributed by atoms with Gasteiger partial charge in [-0.05, 0) is 18.6 Å². The Labute approximate surface area is 103 Å². The van der Waals surface area contributed by atoms with E-state index in [4.69, 9.17) is 5.73 Å². The summed E-state index contributed by atoms with van der Waals surface area (Å²) in [6.45, 7) is 2.27. The Morgan fingerprint density at radius 1 is 1.47 bits per heavy atom. The maximum atomic E-state index is 11.9. The van der Waals surface area contributed by atoms with E-state index in [0.717, 1.165) is 16.3 Å². The third kappa shape index (κ3) is 2.69. The lowest BCUT2D eigenvalue weighted by Crippen LogP contribution is -2.14. The number of nitrogens with zero attached hydrogens (tertiary/aromatic N) is 1. The summed E-state index contributed by atoms with van der Waals surface area (Å²) in [5.41, 5.74) is 7.70. The molecule has 0 saturated heterocycles. The number of carbonyl (C=O) groups excluding carboxylic acids is 1. The summed E-state index contributed by atoms with van der Waals surface area (Å²) in [7, 11) is 0. The molecule has 0 aliphatic rings. The third-order valence-electron chi connectivity index (χ3n) is 2.34. The summed E-state index contributed by atoms with van der Waals surface area (Å²) in [6, 6.07) is 7.48. The molecule has 1 amide bonds. The average molecular weight is 247 g/mol. The number of nitrogens with one attached hydrogen (secondary N) is 1. The second kappa shape index (κ2) is 5.07. The van der Waals surface area contributed by atoms with Crippen molar-refractivity contribution < 1.29 is 4.79 Å². The second-order valence-corrected chi connectivity index (χ2v) is 4.63. The molecule has 1 aromatic carbocycles. The number of para-hydroxylation sites is 1. The van der Waals surface area contributed by atoms with Crippen LogP contribution in [0, 0.1) is 6.92 Å². The fourth-order valence-electron chi connectivity index (χ4n) is 1.47. The van der Waals surface area contributed by atoms with Crippen molar-refractivity contribution in [1.82, 2.24) is 4.98 Å². The molecule has 1 heterocycles. The van der Waals surface area contributed by atoms with Crippen LogP contribution < -0.4 is 11.1 Å². The number of hydrogen-bond acceptors (Lipinski definition) is 4. The third-order valence-corrected chi connectivity index (χ3v) is 3.11. The Morgan fingerprint density at radius 3 is 2.88 bits per heavy atom. The quantitative estimate of drug-likeness (QED) is 0.873. The predicted molar refractivity (Wildman–Crippen MR) is 69.1 cm³/mol. The van der Waals surface area contributed by atoms with Crippen molar-refractivity contribution in [1.29, 1.82) is 0 Å². The van der Waals surface area contributed by atoms with Gasteiger partial charge in [0.15, 0.2) is 0 Å². The average Bonchev–Trinajstić information content (AvgIpc) is 2.77. The van der Waals surface area contributed by atoms with Crippen molar-refractivity contribution >= 4 is 22.9 Å². The molecule has 3 N–H and O–H groups in total. The van der Waals surface area contributed by atoms with Gasteiger partial charge >= 0.3 is 0 Å². The fraction of sp³-hybridized carbons (Fsp3) is 0.167. The van der Waals surface area contributed by atoms with E-state index in [1.54, 1.807) is 5.38 Å². The topological polar surface area (TPSA) is 68.0 Å². The van der Waals surface area contributed by atoms with Crippen molar-refractivity contribution in [2.24, 2.45) is 5.73 Å². The number of aromatic nitrogens is 1. The molecule has 0 bridgehead atoms. The number of benzene rings is 1. The molecule has 88 valence electrons. The molecule has 0 saturated carbocycles. The van der Waals surface area contributed by atoms with E-state index in [1.165, 1.54) is 11.3 Å². The van der Waals surface area contributed by atoms with Crippen LogP contribution in [0.25, 0.3) is 0 Å². The number of thiazole rings is 1. The zero-order valence-electron chi connectivity index (χ0n) is 9.43. The van der Waals surface area contributed by atoms with Gasteiger partial charge in [0.05, 0.1) is 5.01 Å². The van der Waals surface area contributed by atoms with E-state index in [2.05, 4.69) is 10.3 Å². The van der Waals surface area contributed by atoms with Crippen LogP contribution in [0.4, 0.5) is 5.69 Å². The summed E-state index contributed by atoms with van der Waals surface area (Å²) in [5.74, 6) is -0.199. The smallest absolute Gasteiger partial charge is 0.275 e. The minimum atomic E-state index is -0.199. The number of rotatable bonds is 3. The predicted octanol–water partition coefficient (Wildman–Crippen LogP) is 2.16. The minimum absolute atomic E-state index is 0.199. The zero-order valence-corrected chi connectivity index (χ0v) is 10.3. The first-order valence-corrected chi connectivity index (χ1v) is 6.10. The molecule has 0 atom stereocenters. The van der Waals surface area contributed by atoms with E-state index in [1.807, 2.05) is 31.2 Å². The van der Waals surface area contributed by atoms with Crippen LogP contribution in [0.15, 0.2) is 29.6 Å². The Morgan fingerprint density at radius 2 is 2.24 bits per heavy atom. The molecular weight excluding hydrogens is 234 g/mol. The van der Waals surface area contributed by atoms with E-state index in [-0.39, 0.29) is 5.91 Å². The molecule has 0 spiro atoms. The van der Waals surface area contributed by atoms with Gasteiger partial charge in [0, 0.05) is 17.6 Å². The minimum Gasteiger partial charge on any atom is -0.326 e. The van der Waals surface area contributed by atoms with Crippen molar-refractivity contribution in [2.45, 2.75) is 13.5 Å². The van der Waals surface area contributed by atoms with Crippen LogP contribution in [0.3, 0.4) is 0 Å². The molecule has 2 rings (SSSR count). The molecule has 4 nitrogen and oxygen atoms in total. The van der Waals surface area contributed by atoms with Crippen LogP contribution in [-0.2, 0) is 6.54 Å². The molecule has 1 aromatic heterocycles. The highest BCUT2D eigenvalue weighted by atomic mass is 32.1. The highest BCUT2D eigenvalue weighted by molar-refractivity contribution is 7.09. The van der Waals surface area contributed by atoms with Crippen LogP contribution in [0.2, 0.25) is 0 Å². The van der Waals surface area contributed by atoms with Gasteiger partial charge in [-0.2, -0.15) is 0 Å². The van der Waals surface area contributed by atoms with E-state index in [0.29, 0.717) is 12.2 Å². The molecule has 17 heavy (non-hydrogen) atoms. The van der Waals surface area contributed by atoms with Gasteiger partial charge in [0.25, 0.3) is 5.91 Å². The molecule has 0 unspecified atom stereocenters. The first-order chi connectivity index (χ1) is 8.20. The Hall–Kier alpha value is -1.72. The summed E-state index contributed by atoms with van der Waals surface area (Å²) in [4.78, 5) is 16.0.